The molecule has 4 rings (SSSR count). The third-order valence-electron chi connectivity index (χ3n) is 6.29. The van der Waals surface area contributed by atoms with Crippen LogP contribution in [-0.2, 0) is 9.59 Å². The third-order valence-corrected chi connectivity index (χ3v) is 6.29. The van der Waals surface area contributed by atoms with Crippen LogP contribution in [0.4, 0.5) is 0 Å². The Labute approximate surface area is 188 Å². The number of hydrogen-bond acceptors (Lipinski definition) is 4. The summed E-state index contributed by atoms with van der Waals surface area (Å²) in [7, 11) is 0. The van der Waals surface area contributed by atoms with E-state index in [2.05, 4.69) is 35.2 Å². The van der Waals surface area contributed by atoms with Crippen LogP contribution in [0.2, 0.25) is 0 Å². The lowest BCUT2D eigenvalue weighted by Gasteiger charge is -2.42. The molecule has 170 valence electrons. The van der Waals surface area contributed by atoms with Crippen molar-refractivity contribution < 1.29 is 24.6 Å². The van der Waals surface area contributed by atoms with E-state index in [1.165, 1.54) is 31.2 Å². The van der Waals surface area contributed by atoms with Crippen LogP contribution in [0.5, 0.6) is 0 Å². The normalized spacial score (nSPS) is 21.2. The van der Waals surface area contributed by atoms with Crippen LogP contribution in [-0.4, -0.2) is 70.1 Å². The van der Waals surface area contributed by atoms with Gasteiger partial charge in [-0.2, -0.15) is 0 Å². The predicted octanol–water partition coefficient (Wildman–Crippen LogP) is 3.33. The zero-order chi connectivity index (χ0) is 22.9. The van der Waals surface area contributed by atoms with Crippen molar-refractivity contribution >= 4 is 17.8 Å². The van der Waals surface area contributed by atoms with E-state index in [-0.39, 0.29) is 5.91 Å². The Morgan fingerprint density at radius 2 is 1.19 bits per heavy atom. The quantitative estimate of drug-likeness (QED) is 0.714. The Kier molecular flexibility index (Phi) is 8.39. The number of nitrogens with zero attached hydrogens (tertiary/aromatic N) is 2. The van der Waals surface area contributed by atoms with E-state index in [1.807, 2.05) is 35.2 Å². The van der Waals surface area contributed by atoms with Gasteiger partial charge in [0.2, 0.25) is 0 Å². The maximum atomic E-state index is 12.6. The molecule has 0 bridgehead atoms. The van der Waals surface area contributed by atoms with Gasteiger partial charge in [0.25, 0.3) is 5.91 Å². The Morgan fingerprint density at radius 3 is 1.69 bits per heavy atom. The van der Waals surface area contributed by atoms with Crippen molar-refractivity contribution in [3.05, 3.63) is 71.8 Å². The Hall–Kier alpha value is -3.19. The second kappa shape index (κ2) is 11.4. The first kappa shape index (κ1) is 23.5. The van der Waals surface area contributed by atoms with Crippen LogP contribution in [0.3, 0.4) is 0 Å². The first-order chi connectivity index (χ1) is 15.5. The molecule has 2 aromatic carbocycles. The number of piperazine rings is 1. The maximum absolute atomic E-state index is 12.6. The topological polar surface area (TPSA) is 98.1 Å². The molecule has 1 amide bonds. The minimum absolute atomic E-state index is 0.179. The molecule has 2 fully saturated rings. The number of aliphatic carboxylic acids is 2. The van der Waals surface area contributed by atoms with Crippen LogP contribution in [0, 0.1) is 0 Å². The van der Waals surface area contributed by atoms with E-state index in [4.69, 9.17) is 19.8 Å². The minimum Gasteiger partial charge on any atom is -0.473 e. The molecule has 1 aliphatic heterocycles. The van der Waals surface area contributed by atoms with Crippen molar-refractivity contribution in [1.82, 2.24) is 9.80 Å². The number of carbonyl (C=O) groups is 3. The summed E-state index contributed by atoms with van der Waals surface area (Å²) in [5, 5.41) is 14.8. The van der Waals surface area contributed by atoms with E-state index >= 15 is 0 Å². The number of carbonyl (C=O) groups excluding carboxylic acids is 1. The van der Waals surface area contributed by atoms with Gasteiger partial charge >= 0.3 is 11.9 Å². The van der Waals surface area contributed by atoms with Crippen LogP contribution in [0.15, 0.2) is 60.7 Å². The Morgan fingerprint density at radius 1 is 0.688 bits per heavy atom. The SMILES string of the molecule is O=C(O)C(=O)O.O=C(c1ccccc1)N1CCN(C2CCC(c3ccccc3)CC2)CC1. The average Bonchev–Trinajstić information content (AvgIpc) is 2.85. The molecule has 0 radical (unpaired) electrons. The van der Waals surface area contributed by atoms with Gasteiger partial charge in [-0.15, -0.1) is 0 Å². The highest BCUT2D eigenvalue weighted by atomic mass is 16.4. The van der Waals surface area contributed by atoms with E-state index in [0.717, 1.165) is 37.7 Å². The smallest absolute Gasteiger partial charge is 0.414 e. The summed E-state index contributed by atoms with van der Waals surface area (Å²) in [5.74, 6) is -2.74. The van der Waals surface area contributed by atoms with Crippen molar-refractivity contribution in [3.63, 3.8) is 0 Å². The number of hydrogen-bond donors (Lipinski definition) is 2. The molecule has 0 aromatic heterocycles. The monoisotopic (exact) mass is 438 g/mol. The van der Waals surface area contributed by atoms with E-state index in [9.17, 15) is 4.79 Å². The molecule has 2 N–H and O–H groups in total. The lowest BCUT2D eigenvalue weighted by atomic mass is 9.81. The molecule has 1 aliphatic carbocycles. The van der Waals surface area contributed by atoms with Crippen LogP contribution in [0.25, 0.3) is 0 Å². The second-order valence-electron chi connectivity index (χ2n) is 8.22. The highest BCUT2D eigenvalue weighted by Gasteiger charge is 2.30. The molecule has 0 spiro atoms. The van der Waals surface area contributed by atoms with E-state index in [1.54, 1.807) is 0 Å². The van der Waals surface area contributed by atoms with E-state index < -0.39 is 11.9 Å². The van der Waals surface area contributed by atoms with Crippen molar-refractivity contribution in [2.75, 3.05) is 26.2 Å². The molecule has 2 aromatic rings. The highest BCUT2D eigenvalue weighted by molar-refractivity contribution is 6.27. The molecule has 2 aliphatic rings. The molecule has 32 heavy (non-hydrogen) atoms. The molecular weight excluding hydrogens is 408 g/mol. The summed E-state index contributed by atoms with van der Waals surface area (Å²) in [5.41, 5.74) is 2.31. The Balaban J connectivity index is 0.000000427. The standard InChI is InChI=1S/C23H28N2O.C2H2O4/c26-23(21-9-5-2-6-10-21)25-17-15-24(16-18-25)22-13-11-20(12-14-22)19-7-3-1-4-8-19;3-1(4)2(5)6/h1-10,20,22H,11-18H2;(H,3,4)(H,5,6). The van der Waals surface area contributed by atoms with Gasteiger partial charge in [0.05, 0.1) is 0 Å². The number of rotatable bonds is 3. The van der Waals surface area contributed by atoms with Gasteiger partial charge in [-0.05, 0) is 49.3 Å². The second-order valence-corrected chi connectivity index (χ2v) is 8.22. The molecule has 0 unspecified atom stereocenters. The lowest BCUT2D eigenvalue weighted by molar-refractivity contribution is -0.159. The van der Waals surface area contributed by atoms with Gasteiger partial charge in [-0.3, -0.25) is 9.69 Å². The zero-order valence-electron chi connectivity index (χ0n) is 18.1. The van der Waals surface area contributed by atoms with Gasteiger partial charge in [-0.1, -0.05) is 48.5 Å². The number of carboxylic acids is 2. The van der Waals surface area contributed by atoms with Crippen molar-refractivity contribution in [2.24, 2.45) is 0 Å². The lowest BCUT2D eigenvalue weighted by Crippen LogP contribution is -2.52. The number of amides is 1. The molecule has 1 saturated heterocycles. The first-order valence-electron chi connectivity index (χ1n) is 11.0. The van der Waals surface area contributed by atoms with Gasteiger partial charge in [0, 0.05) is 37.8 Å². The summed E-state index contributed by atoms with van der Waals surface area (Å²) in [6.07, 6.45) is 5.15. The minimum atomic E-state index is -1.82. The number of carboxylic acid groups (broad SMARTS) is 2. The molecular formula is C25H30N2O5. The van der Waals surface area contributed by atoms with Crippen molar-refractivity contribution in [3.8, 4) is 0 Å². The summed E-state index contributed by atoms with van der Waals surface area (Å²) < 4.78 is 0. The largest absolute Gasteiger partial charge is 0.473 e. The predicted molar refractivity (Wildman–Crippen MR) is 121 cm³/mol. The summed E-state index contributed by atoms with van der Waals surface area (Å²) in [6, 6.07) is 21.3. The van der Waals surface area contributed by atoms with Crippen LogP contribution >= 0.6 is 0 Å². The fourth-order valence-electron chi connectivity index (χ4n) is 4.55. The van der Waals surface area contributed by atoms with Crippen molar-refractivity contribution in [1.29, 1.82) is 0 Å². The van der Waals surface area contributed by atoms with Crippen LogP contribution in [0.1, 0.15) is 47.5 Å². The number of benzene rings is 2. The third kappa shape index (κ3) is 6.40. The van der Waals surface area contributed by atoms with Gasteiger partial charge in [0.1, 0.15) is 0 Å². The molecule has 1 heterocycles. The highest BCUT2D eigenvalue weighted by Crippen LogP contribution is 2.34. The molecule has 0 atom stereocenters. The van der Waals surface area contributed by atoms with E-state index in [0.29, 0.717) is 6.04 Å². The van der Waals surface area contributed by atoms with Crippen molar-refractivity contribution in [2.45, 2.75) is 37.6 Å². The summed E-state index contributed by atoms with van der Waals surface area (Å²) in [4.78, 5) is 35.4. The average molecular weight is 439 g/mol. The van der Waals surface area contributed by atoms with Gasteiger partial charge in [-0.25, -0.2) is 9.59 Å². The first-order valence-corrected chi connectivity index (χ1v) is 11.0. The van der Waals surface area contributed by atoms with Crippen LogP contribution < -0.4 is 0 Å². The molecule has 7 heteroatoms. The van der Waals surface area contributed by atoms with Gasteiger partial charge < -0.3 is 15.1 Å². The zero-order valence-corrected chi connectivity index (χ0v) is 18.1. The summed E-state index contributed by atoms with van der Waals surface area (Å²) in [6.45, 7) is 3.73. The molecule has 7 nitrogen and oxygen atoms in total. The maximum Gasteiger partial charge on any atom is 0.414 e. The fourth-order valence-corrected chi connectivity index (χ4v) is 4.55. The van der Waals surface area contributed by atoms with Gasteiger partial charge in [0.15, 0.2) is 0 Å². The fraction of sp³-hybridized carbons (Fsp3) is 0.400. The molecule has 1 saturated carbocycles. The Bertz CT molecular complexity index is 875. The summed E-state index contributed by atoms with van der Waals surface area (Å²) >= 11 is 0.